The molecular formula is C17H33N3O3S. The van der Waals surface area contributed by atoms with E-state index in [9.17, 15) is 13.2 Å². The highest BCUT2D eigenvalue weighted by atomic mass is 32.2. The molecule has 0 spiro atoms. The van der Waals surface area contributed by atoms with Crippen molar-refractivity contribution in [1.82, 2.24) is 13.9 Å². The lowest BCUT2D eigenvalue weighted by molar-refractivity contribution is -0.126. The first-order valence-electron chi connectivity index (χ1n) is 9.36. The van der Waals surface area contributed by atoms with E-state index < -0.39 is 10.2 Å². The van der Waals surface area contributed by atoms with Crippen LogP contribution in [0.2, 0.25) is 0 Å². The Bertz CT molecular complexity index is 499. The van der Waals surface area contributed by atoms with Gasteiger partial charge < -0.3 is 5.32 Å². The van der Waals surface area contributed by atoms with E-state index in [0.29, 0.717) is 13.1 Å². The van der Waals surface area contributed by atoms with E-state index in [1.165, 1.54) is 61.2 Å². The molecule has 0 radical (unpaired) electrons. The highest BCUT2D eigenvalue weighted by molar-refractivity contribution is 7.86. The van der Waals surface area contributed by atoms with E-state index in [1.807, 2.05) is 0 Å². The van der Waals surface area contributed by atoms with E-state index in [4.69, 9.17) is 0 Å². The molecule has 7 heteroatoms. The number of rotatable bonds is 6. The van der Waals surface area contributed by atoms with Gasteiger partial charge in [0.2, 0.25) is 5.91 Å². The van der Waals surface area contributed by atoms with E-state index in [0.717, 1.165) is 31.7 Å². The SMILES string of the molecule is CN(C)S(=O)(=O)N1CCCC(C(=O)NCCC2CCCCCC2)C1. The van der Waals surface area contributed by atoms with Gasteiger partial charge in [0.05, 0.1) is 5.92 Å². The first-order chi connectivity index (χ1) is 11.4. The Labute approximate surface area is 147 Å². The van der Waals surface area contributed by atoms with Crippen molar-refractivity contribution in [2.24, 2.45) is 11.8 Å². The minimum absolute atomic E-state index is 0.0160. The topological polar surface area (TPSA) is 69.7 Å². The van der Waals surface area contributed by atoms with E-state index in [-0.39, 0.29) is 11.8 Å². The molecule has 1 unspecified atom stereocenters. The maximum absolute atomic E-state index is 12.4. The number of hydrogen-bond acceptors (Lipinski definition) is 3. The Morgan fingerprint density at radius 3 is 2.38 bits per heavy atom. The van der Waals surface area contributed by atoms with Gasteiger partial charge in [0.15, 0.2) is 0 Å². The van der Waals surface area contributed by atoms with Crippen LogP contribution in [0.15, 0.2) is 0 Å². The lowest BCUT2D eigenvalue weighted by atomic mass is 9.96. The molecule has 6 nitrogen and oxygen atoms in total. The van der Waals surface area contributed by atoms with Gasteiger partial charge >= 0.3 is 0 Å². The van der Waals surface area contributed by atoms with Gasteiger partial charge in [0.1, 0.15) is 0 Å². The molecular weight excluding hydrogens is 326 g/mol. The second kappa shape index (κ2) is 9.15. The molecule has 24 heavy (non-hydrogen) atoms. The van der Waals surface area contributed by atoms with Gasteiger partial charge in [-0.25, -0.2) is 0 Å². The molecule has 1 saturated carbocycles. The Kier molecular flexibility index (Phi) is 7.50. The highest BCUT2D eigenvalue weighted by Gasteiger charge is 2.33. The minimum Gasteiger partial charge on any atom is -0.356 e. The number of piperidine rings is 1. The van der Waals surface area contributed by atoms with Crippen molar-refractivity contribution in [3.05, 3.63) is 0 Å². The van der Waals surface area contributed by atoms with Crippen molar-refractivity contribution in [3.8, 4) is 0 Å². The van der Waals surface area contributed by atoms with E-state index in [1.54, 1.807) is 0 Å². The maximum atomic E-state index is 12.4. The van der Waals surface area contributed by atoms with Crippen LogP contribution in [0.5, 0.6) is 0 Å². The fourth-order valence-corrected chi connectivity index (χ4v) is 4.98. The zero-order chi connectivity index (χ0) is 17.6. The van der Waals surface area contributed by atoms with Gasteiger partial charge in [0, 0.05) is 33.7 Å². The van der Waals surface area contributed by atoms with Crippen molar-refractivity contribution >= 4 is 16.1 Å². The maximum Gasteiger partial charge on any atom is 0.281 e. The summed E-state index contributed by atoms with van der Waals surface area (Å²) in [4.78, 5) is 12.4. The Morgan fingerprint density at radius 1 is 1.08 bits per heavy atom. The Morgan fingerprint density at radius 2 is 1.75 bits per heavy atom. The molecule has 1 aliphatic carbocycles. The zero-order valence-electron chi connectivity index (χ0n) is 15.2. The molecule has 2 aliphatic rings. The molecule has 0 bridgehead atoms. The third kappa shape index (κ3) is 5.43. The first kappa shape index (κ1) is 19.7. The molecule has 1 amide bonds. The summed E-state index contributed by atoms with van der Waals surface area (Å²) in [6.07, 6.45) is 10.5. The minimum atomic E-state index is -3.42. The third-order valence-electron chi connectivity index (χ3n) is 5.37. The molecule has 1 aliphatic heterocycles. The first-order valence-corrected chi connectivity index (χ1v) is 10.8. The summed E-state index contributed by atoms with van der Waals surface area (Å²) in [6.45, 7) is 1.53. The summed E-state index contributed by atoms with van der Waals surface area (Å²) in [5, 5.41) is 3.05. The lowest BCUT2D eigenvalue weighted by Gasteiger charge is -2.32. The summed E-state index contributed by atoms with van der Waals surface area (Å²) < 4.78 is 27.1. The number of amides is 1. The van der Waals surface area contributed by atoms with E-state index in [2.05, 4.69) is 5.32 Å². The quantitative estimate of drug-likeness (QED) is 0.737. The predicted molar refractivity (Wildman–Crippen MR) is 95.7 cm³/mol. The van der Waals surface area contributed by atoms with Crippen LogP contribution in [0, 0.1) is 11.8 Å². The van der Waals surface area contributed by atoms with Crippen LogP contribution >= 0.6 is 0 Å². The molecule has 0 aromatic rings. The van der Waals surface area contributed by atoms with Gasteiger partial charge in [-0.15, -0.1) is 0 Å². The second-order valence-corrected chi connectivity index (χ2v) is 9.57. The number of hydrogen-bond donors (Lipinski definition) is 1. The number of nitrogens with one attached hydrogen (secondary N) is 1. The fourth-order valence-electron chi connectivity index (χ4n) is 3.79. The highest BCUT2D eigenvalue weighted by Crippen LogP contribution is 2.25. The van der Waals surface area contributed by atoms with Crippen molar-refractivity contribution < 1.29 is 13.2 Å². The number of carbonyl (C=O) groups excluding carboxylic acids is 1. The summed E-state index contributed by atoms with van der Waals surface area (Å²) in [6, 6.07) is 0. The summed E-state index contributed by atoms with van der Waals surface area (Å²) in [7, 11) is -0.354. The van der Waals surface area contributed by atoms with Crippen LogP contribution in [0.3, 0.4) is 0 Å². The molecule has 2 rings (SSSR count). The summed E-state index contributed by atoms with van der Waals surface area (Å²) in [5.74, 6) is 0.537. The van der Waals surface area contributed by atoms with Crippen LogP contribution < -0.4 is 5.32 Å². The van der Waals surface area contributed by atoms with Crippen molar-refractivity contribution in [2.45, 2.75) is 57.8 Å². The molecule has 1 atom stereocenters. The van der Waals surface area contributed by atoms with Crippen LogP contribution in [0.1, 0.15) is 57.8 Å². The van der Waals surface area contributed by atoms with Crippen molar-refractivity contribution in [2.75, 3.05) is 33.7 Å². The number of carbonyl (C=O) groups is 1. The molecule has 140 valence electrons. The molecule has 1 saturated heterocycles. The average Bonchev–Trinajstić information content (AvgIpc) is 2.83. The lowest BCUT2D eigenvalue weighted by Crippen LogP contribution is -2.48. The fraction of sp³-hybridized carbons (Fsp3) is 0.941. The van der Waals surface area contributed by atoms with Crippen LogP contribution in [0.25, 0.3) is 0 Å². The Balaban J connectivity index is 1.77. The van der Waals surface area contributed by atoms with Crippen LogP contribution in [-0.4, -0.2) is 56.7 Å². The van der Waals surface area contributed by atoms with Crippen molar-refractivity contribution in [3.63, 3.8) is 0 Å². The smallest absolute Gasteiger partial charge is 0.281 e. The normalized spacial score (nSPS) is 24.7. The summed E-state index contributed by atoms with van der Waals surface area (Å²) in [5.41, 5.74) is 0. The average molecular weight is 360 g/mol. The van der Waals surface area contributed by atoms with Gasteiger partial charge in [-0.3, -0.25) is 4.79 Å². The largest absolute Gasteiger partial charge is 0.356 e. The number of nitrogens with zero attached hydrogens (tertiary/aromatic N) is 2. The van der Waals surface area contributed by atoms with Crippen LogP contribution in [-0.2, 0) is 15.0 Å². The molecule has 0 aromatic heterocycles. The molecule has 0 aromatic carbocycles. The molecule has 1 heterocycles. The van der Waals surface area contributed by atoms with Gasteiger partial charge in [-0.05, 0) is 25.2 Å². The zero-order valence-corrected chi connectivity index (χ0v) is 16.0. The second-order valence-electron chi connectivity index (χ2n) is 7.42. The van der Waals surface area contributed by atoms with Crippen LogP contribution in [0.4, 0.5) is 0 Å². The van der Waals surface area contributed by atoms with Gasteiger partial charge in [0.25, 0.3) is 10.2 Å². The predicted octanol–water partition coefficient (Wildman–Crippen LogP) is 1.98. The Hall–Kier alpha value is -0.660. The summed E-state index contributed by atoms with van der Waals surface area (Å²) >= 11 is 0. The monoisotopic (exact) mass is 359 g/mol. The van der Waals surface area contributed by atoms with E-state index >= 15 is 0 Å². The van der Waals surface area contributed by atoms with Gasteiger partial charge in [-0.1, -0.05) is 38.5 Å². The molecule has 2 fully saturated rings. The molecule has 1 N–H and O–H groups in total. The third-order valence-corrected chi connectivity index (χ3v) is 7.28. The van der Waals surface area contributed by atoms with Gasteiger partial charge in [-0.2, -0.15) is 17.0 Å². The van der Waals surface area contributed by atoms with Crippen molar-refractivity contribution in [1.29, 1.82) is 0 Å². The standard InChI is InChI=1S/C17H33N3O3S/c1-19(2)24(22,23)20-13-7-10-16(14-20)17(21)18-12-11-15-8-5-3-4-6-9-15/h15-16H,3-14H2,1-2H3,(H,18,21).